The highest BCUT2D eigenvalue weighted by Gasteiger charge is 2.38. The van der Waals surface area contributed by atoms with E-state index in [9.17, 15) is 14.4 Å². The Morgan fingerprint density at radius 2 is 1.77 bits per heavy atom. The van der Waals surface area contributed by atoms with Crippen LogP contribution in [0.3, 0.4) is 0 Å². The molecule has 0 spiro atoms. The summed E-state index contributed by atoms with van der Waals surface area (Å²) in [7, 11) is 1.26. The van der Waals surface area contributed by atoms with Gasteiger partial charge in [-0.05, 0) is 18.8 Å². The molecule has 0 saturated heterocycles. The second-order valence-corrected chi connectivity index (χ2v) is 6.24. The number of amides is 3. The first-order valence-electron chi connectivity index (χ1n) is 7.70. The Hall–Kier alpha value is -1.79. The average molecular weight is 313 g/mol. The summed E-state index contributed by atoms with van der Waals surface area (Å²) in [6, 6.07) is -0.665. The zero-order valence-electron chi connectivity index (χ0n) is 13.8. The Morgan fingerprint density at radius 3 is 2.23 bits per heavy atom. The van der Waals surface area contributed by atoms with Crippen LogP contribution in [0.15, 0.2) is 0 Å². The van der Waals surface area contributed by atoms with E-state index in [2.05, 4.69) is 20.7 Å². The maximum atomic E-state index is 12.5. The number of ether oxygens (including phenoxy) is 1. The van der Waals surface area contributed by atoms with Crippen molar-refractivity contribution < 1.29 is 19.1 Å². The fraction of sp³-hybridized carbons (Fsp3) is 0.800. The lowest BCUT2D eigenvalue weighted by Crippen LogP contribution is -2.59. The number of methoxy groups -OCH3 is 1. The van der Waals surface area contributed by atoms with Gasteiger partial charge in [-0.1, -0.05) is 26.7 Å². The first-order valence-corrected chi connectivity index (χ1v) is 7.70. The van der Waals surface area contributed by atoms with Gasteiger partial charge in [0.05, 0.1) is 12.6 Å². The van der Waals surface area contributed by atoms with E-state index in [1.54, 1.807) is 0 Å². The predicted molar refractivity (Wildman–Crippen MR) is 82.2 cm³/mol. The minimum absolute atomic E-state index is 0.0710. The van der Waals surface area contributed by atoms with Gasteiger partial charge in [0, 0.05) is 13.5 Å². The van der Waals surface area contributed by atoms with Crippen molar-refractivity contribution in [1.29, 1.82) is 0 Å². The van der Waals surface area contributed by atoms with Gasteiger partial charge < -0.3 is 20.7 Å². The largest absolute Gasteiger partial charge is 0.453 e. The fourth-order valence-electron chi connectivity index (χ4n) is 2.75. The van der Waals surface area contributed by atoms with E-state index < -0.39 is 17.7 Å². The van der Waals surface area contributed by atoms with Crippen molar-refractivity contribution in [3.63, 3.8) is 0 Å². The van der Waals surface area contributed by atoms with Gasteiger partial charge in [0.15, 0.2) is 0 Å². The summed E-state index contributed by atoms with van der Waals surface area (Å²) in [6.07, 6.45) is 3.04. The molecule has 1 aliphatic carbocycles. The van der Waals surface area contributed by atoms with Crippen molar-refractivity contribution in [1.82, 2.24) is 16.0 Å². The van der Waals surface area contributed by atoms with Crippen LogP contribution in [0, 0.1) is 5.92 Å². The van der Waals surface area contributed by atoms with Crippen LogP contribution in [0.2, 0.25) is 0 Å². The van der Waals surface area contributed by atoms with Crippen LogP contribution in [-0.4, -0.2) is 43.1 Å². The molecule has 7 heteroatoms. The van der Waals surface area contributed by atoms with Gasteiger partial charge in [0.25, 0.3) is 0 Å². The molecule has 0 unspecified atom stereocenters. The first-order chi connectivity index (χ1) is 10.3. The Balaban J connectivity index is 2.75. The molecule has 0 aromatic carbocycles. The minimum atomic E-state index is -0.665. The molecule has 0 aromatic rings. The lowest BCUT2D eigenvalue weighted by molar-refractivity contribution is -0.126. The van der Waals surface area contributed by atoms with Crippen molar-refractivity contribution in [3.8, 4) is 0 Å². The normalized spacial score (nSPS) is 17.7. The maximum absolute atomic E-state index is 12.5. The van der Waals surface area contributed by atoms with Crippen LogP contribution in [0.5, 0.6) is 0 Å². The van der Waals surface area contributed by atoms with Gasteiger partial charge in [-0.2, -0.15) is 0 Å². The van der Waals surface area contributed by atoms with E-state index in [4.69, 9.17) is 0 Å². The highest BCUT2D eigenvalue weighted by Crippen LogP contribution is 2.29. The van der Waals surface area contributed by atoms with E-state index in [-0.39, 0.29) is 17.7 Å². The maximum Gasteiger partial charge on any atom is 0.407 e. The summed E-state index contributed by atoms with van der Waals surface area (Å²) < 4.78 is 4.57. The van der Waals surface area contributed by atoms with Crippen LogP contribution in [0.4, 0.5) is 4.79 Å². The molecule has 126 valence electrons. The molecule has 0 aromatic heterocycles. The molecule has 0 bridgehead atoms. The van der Waals surface area contributed by atoms with Crippen molar-refractivity contribution >= 4 is 17.9 Å². The molecular formula is C15H27N3O4. The quantitative estimate of drug-likeness (QED) is 0.679. The molecule has 7 nitrogen and oxygen atoms in total. The second kappa shape index (κ2) is 8.00. The molecule has 1 atom stereocenters. The summed E-state index contributed by atoms with van der Waals surface area (Å²) in [4.78, 5) is 35.1. The predicted octanol–water partition coefficient (Wildman–Crippen LogP) is 0.932. The molecule has 1 saturated carbocycles. The van der Waals surface area contributed by atoms with E-state index in [1.807, 2.05) is 13.8 Å². The van der Waals surface area contributed by atoms with Crippen molar-refractivity contribution in [2.75, 3.05) is 13.7 Å². The van der Waals surface area contributed by atoms with Crippen LogP contribution < -0.4 is 16.0 Å². The molecule has 1 aliphatic rings. The molecule has 3 N–H and O–H groups in total. The standard InChI is InChI=1S/C15H27N3O4/c1-10(2)12(17-14(21)22-4)13(20)18-15(7-5-6-8-15)9-16-11(3)19/h10,12H,5-9H2,1-4H3,(H,16,19)(H,17,21)(H,18,20)/t12-/m0/s1. The summed E-state index contributed by atoms with van der Waals surface area (Å²) in [5, 5.41) is 8.38. The zero-order chi connectivity index (χ0) is 16.8. The Morgan fingerprint density at radius 1 is 1.18 bits per heavy atom. The van der Waals surface area contributed by atoms with Gasteiger partial charge in [-0.3, -0.25) is 9.59 Å². The Kier molecular flexibility index (Phi) is 6.64. The third-order valence-corrected chi connectivity index (χ3v) is 4.03. The van der Waals surface area contributed by atoms with Crippen molar-refractivity contribution in [3.05, 3.63) is 0 Å². The van der Waals surface area contributed by atoms with E-state index in [0.29, 0.717) is 6.54 Å². The lowest BCUT2D eigenvalue weighted by atomic mass is 9.95. The Bertz CT molecular complexity index is 417. The Labute approximate surface area is 131 Å². The monoisotopic (exact) mass is 313 g/mol. The van der Waals surface area contributed by atoms with Crippen LogP contribution in [-0.2, 0) is 14.3 Å². The highest BCUT2D eigenvalue weighted by atomic mass is 16.5. The summed E-state index contributed by atoms with van der Waals surface area (Å²) in [6.45, 7) is 5.59. The number of rotatable bonds is 6. The molecule has 1 rings (SSSR count). The van der Waals surface area contributed by atoms with Crippen molar-refractivity contribution in [2.24, 2.45) is 5.92 Å². The second-order valence-electron chi connectivity index (χ2n) is 6.24. The summed E-state index contributed by atoms with van der Waals surface area (Å²) in [5.41, 5.74) is -0.423. The molecule has 1 fully saturated rings. The van der Waals surface area contributed by atoms with Crippen LogP contribution in [0.1, 0.15) is 46.5 Å². The molecule has 0 heterocycles. The summed E-state index contributed by atoms with van der Waals surface area (Å²) in [5.74, 6) is -0.431. The topological polar surface area (TPSA) is 96.5 Å². The van der Waals surface area contributed by atoms with Gasteiger partial charge in [0.1, 0.15) is 6.04 Å². The van der Waals surface area contributed by atoms with Gasteiger partial charge in [-0.25, -0.2) is 4.79 Å². The number of hydrogen-bond acceptors (Lipinski definition) is 4. The number of hydrogen-bond donors (Lipinski definition) is 3. The number of nitrogens with one attached hydrogen (secondary N) is 3. The molecule has 0 aliphatic heterocycles. The smallest absolute Gasteiger partial charge is 0.407 e. The van der Waals surface area contributed by atoms with Crippen LogP contribution in [0.25, 0.3) is 0 Å². The number of alkyl carbamates (subject to hydrolysis) is 1. The number of carbonyl (C=O) groups is 3. The lowest BCUT2D eigenvalue weighted by Gasteiger charge is -2.33. The van der Waals surface area contributed by atoms with E-state index >= 15 is 0 Å². The molecular weight excluding hydrogens is 286 g/mol. The first kappa shape index (κ1) is 18.3. The minimum Gasteiger partial charge on any atom is -0.453 e. The van der Waals surface area contributed by atoms with Crippen LogP contribution >= 0.6 is 0 Å². The fourth-order valence-corrected chi connectivity index (χ4v) is 2.75. The molecule has 22 heavy (non-hydrogen) atoms. The molecule has 0 radical (unpaired) electrons. The highest BCUT2D eigenvalue weighted by molar-refractivity contribution is 5.86. The third-order valence-electron chi connectivity index (χ3n) is 4.03. The number of carbonyl (C=O) groups excluding carboxylic acids is 3. The SMILES string of the molecule is COC(=O)N[C@H](C(=O)NC1(CNC(C)=O)CCCC1)C(C)C. The van der Waals surface area contributed by atoms with Crippen molar-refractivity contribution in [2.45, 2.75) is 58.0 Å². The van der Waals surface area contributed by atoms with Gasteiger partial charge in [-0.15, -0.1) is 0 Å². The molecule has 3 amide bonds. The zero-order valence-corrected chi connectivity index (χ0v) is 13.8. The van der Waals surface area contributed by atoms with E-state index in [1.165, 1.54) is 14.0 Å². The van der Waals surface area contributed by atoms with Gasteiger partial charge in [0.2, 0.25) is 11.8 Å². The average Bonchev–Trinajstić information content (AvgIpc) is 2.90. The third kappa shape index (κ3) is 5.20. The van der Waals surface area contributed by atoms with Gasteiger partial charge >= 0.3 is 6.09 Å². The summed E-state index contributed by atoms with van der Waals surface area (Å²) >= 11 is 0. The van der Waals surface area contributed by atoms with E-state index in [0.717, 1.165) is 25.7 Å².